The second-order valence-electron chi connectivity index (χ2n) is 7.21. The lowest BCUT2D eigenvalue weighted by atomic mass is 10.1. The van der Waals surface area contributed by atoms with Crippen LogP contribution in [0, 0.1) is 17.0 Å². The molecule has 0 aliphatic heterocycles. The molecular weight excluding hydrogens is 480 g/mol. The van der Waals surface area contributed by atoms with Crippen molar-refractivity contribution >= 4 is 24.1 Å². The van der Waals surface area contributed by atoms with E-state index in [1.165, 1.54) is 7.11 Å². The molecular formula is C25H26ClF2N3O4. The number of methoxy groups -OCH3 is 1. The molecule has 10 heteroatoms. The van der Waals surface area contributed by atoms with E-state index in [9.17, 15) is 13.6 Å². The van der Waals surface area contributed by atoms with E-state index in [1.54, 1.807) is 49.4 Å². The molecule has 0 aliphatic rings. The van der Waals surface area contributed by atoms with E-state index >= 15 is 0 Å². The molecule has 0 heterocycles. The number of carbonyl (C=O) groups excluding carboxylic acids is 1. The molecule has 0 aliphatic carbocycles. The quantitative estimate of drug-likeness (QED) is 0.269. The van der Waals surface area contributed by atoms with Crippen molar-refractivity contribution in [2.75, 3.05) is 13.7 Å². The number of nitrogens with one attached hydrogen (secondary N) is 2. The monoisotopic (exact) mass is 505 g/mol. The lowest BCUT2D eigenvalue weighted by Crippen LogP contribution is -2.32. The van der Waals surface area contributed by atoms with Crippen LogP contribution in [0.5, 0.6) is 17.2 Å². The van der Waals surface area contributed by atoms with Crippen LogP contribution in [0.15, 0.2) is 60.7 Å². The fraction of sp³-hybridized carbons (Fsp3) is 0.200. The maximum absolute atomic E-state index is 14.6. The number of hydrogen-bond acceptors (Lipinski definition) is 5. The second kappa shape index (κ2) is 12.7. The highest BCUT2D eigenvalue weighted by atomic mass is 35.5. The molecule has 35 heavy (non-hydrogen) atoms. The van der Waals surface area contributed by atoms with Gasteiger partial charge >= 0.3 is 0 Å². The molecule has 3 rings (SSSR count). The van der Waals surface area contributed by atoms with Crippen LogP contribution in [0.4, 0.5) is 8.78 Å². The van der Waals surface area contributed by atoms with Crippen molar-refractivity contribution < 1.29 is 27.8 Å². The first kappa shape index (κ1) is 27.6. The van der Waals surface area contributed by atoms with E-state index in [0.29, 0.717) is 22.6 Å². The summed E-state index contributed by atoms with van der Waals surface area (Å²) in [4.78, 5) is 12.9. The van der Waals surface area contributed by atoms with E-state index in [1.807, 2.05) is 6.07 Å². The molecule has 1 amide bonds. The molecule has 0 saturated heterocycles. The van der Waals surface area contributed by atoms with Crippen LogP contribution in [-0.4, -0.2) is 25.5 Å². The SMILES string of the molecule is CCO[C@H](C(=O)NCc1ccc(C(=N)N)cc1Oc1ccccc1)c1c(F)cc(OC)cc1F.Cl. The first-order valence-electron chi connectivity index (χ1n) is 10.5. The standard InChI is InChI=1S/C25H25F2N3O4.ClH/c1-3-33-23(22-19(26)12-18(32-2)13-20(22)27)25(31)30-14-16-10-9-15(24(28)29)11-21(16)34-17-7-5-4-6-8-17;/h4-13,23H,3,14H2,1-2H3,(H3,28,29)(H,30,31);1H/t23-;/m0./s1. The minimum atomic E-state index is -1.51. The van der Waals surface area contributed by atoms with Gasteiger partial charge in [0, 0.05) is 36.4 Å². The van der Waals surface area contributed by atoms with Crippen molar-refractivity contribution in [2.24, 2.45) is 5.73 Å². The Morgan fingerprint density at radius 1 is 1.06 bits per heavy atom. The first-order valence-corrected chi connectivity index (χ1v) is 10.5. The Hall–Kier alpha value is -3.69. The van der Waals surface area contributed by atoms with Gasteiger partial charge in [0.25, 0.3) is 5.91 Å². The minimum Gasteiger partial charge on any atom is -0.497 e. The normalized spacial score (nSPS) is 11.2. The summed E-state index contributed by atoms with van der Waals surface area (Å²) in [5.41, 5.74) is 6.09. The molecule has 3 aromatic carbocycles. The fourth-order valence-electron chi connectivity index (χ4n) is 3.24. The number of amidine groups is 1. The van der Waals surface area contributed by atoms with Crippen molar-refractivity contribution in [3.05, 3.63) is 89.0 Å². The highest BCUT2D eigenvalue weighted by molar-refractivity contribution is 5.95. The molecule has 4 N–H and O–H groups in total. The maximum Gasteiger partial charge on any atom is 0.254 e. The zero-order valence-electron chi connectivity index (χ0n) is 19.1. The van der Waals surface area contributed by atoms with Gasteiger partial charge in [0.05, 0.1) is 12.7 Å². The summed E-state index contributed by atoms with van der Waals surface area (Å²) in [5, 5.41) is 10.3. The maximum atomic E-state index is 14.6. The van der Waals surface area contributed by atoms with Crippen molar-refractivity contribution in [3.63, 3.8) is 0 Å². The lowest BCUT2D eigenvalue weighted by molar-refractivity contribution is -0.133. The van der Waals surface area contributed by atoms with Crippen LogP contribution in [-0.2, 0) is 16.1 Å². The molecule has 1 atom stereocenters. The molecule has 0 fully saturated rings. The molecule has 0 bridgehead atoms. The number of benzene rings is 3. The second-order valence-corrected chi connectivity index (χ2v) is 7.21. The number of amides is 1. The van der Waals surface area contributed by atoms with Gasteiger partial charge in [-0.3, -0.25) is 10.2 Å². The summed E-state index contributed by atoms with van der Waals surface area (Å²) in [6.07, 6.45) is -1.51. The highest BCUT2D eigenvalue weighted by Gasteiger charge is 2.28. The Kier molecular flexibility index (Phi) is 9.98. The molecule has 3 aromatic rings. The van der Waals surface area contributed by atoms with E-state index in [4.69, 9.17) is 25.4 Å². The van der Waals surface area contributed by atoms with Gasteiger partial charge in [-0.05, 0) is 25.1 Å². The summed E-state index contributed by atoms with van der Waals surface area (Å²) in [6, 6.07) is 15.8. The Morgan fingerprint density at radius 2 is 1.71 bits per heavy atom. The number of halogens is 3. The third-order valence-corrected chi connectivity index (χ3v) is 4.92. The number of hydrogen-bond donors (Lipinski definition) is 3. The molecule has 0 saturated carbocycles. The summed E-state index contributed by atoms with van der Waals surface area (Å²) >= 11 is 0. The predicted octanol–water partition coefficient (Wildman–Crippen LogP) is 4.87. The third-order valence-electron chi connectivity index (χ3n) is 4.92. The Balaban J connectivity index is 0.00000432. The van der Waals surface area contributed by atoms with E-state index in [0.717, 1.165) is 12.1 Å². The van der Waals surface area contributed by atoms with Gasteiger partial charge < -0.3 is 25.3 Å². The van der Waals surface area contributed by atoms with Crippen molar-refractivity contribution in [1.29, 1.82) is 5.41 Å². The number of rotatable bonds is 10. The number of para-hydroxylation sites is 1. The number of carbonyl (C=O) groups is 1. The van der Waals surface area contributed by atoms with E-state index in [-0.39, 0.29) is 37.1 Å². The minimum absolute atomic E-state index is 0. The summed E-state index contributed by atoms with van der Waals surface area (Å²) in [7, 11) is 1.28. The lowest BCUT2D eigenvalue weighted by Gasteiger charge is -2.20. The van der Waals surface area contributed by atoms with Gasteiger partial charge in [0.2, 0.25) is 0 Å². The van der Waals surface area contributed by atoms with Crippen molar-refractivity contribution in [2.45, 2.75) is 19.6 Å². The molecule has 0 spiro atoms. The Labute approximate surface area is 208 Å². The van der Waals surface area contributed by atoms with Gasteiger partial charge in [-0.2, -0.15) is 0 Å². The zero-order valence-corrected chi connectivity index (χ0v) is 20.0. The molecule has 0 radical (unpaired) electrons. The van der Waals surface area contributed by atoms with Crippen LogP contribution in [0.25, 0.3) is 0 Å². The van der Waals surface area contributed by atoms with Crippen molar-refractivity contribution in [1.82, 2.24) is 5.32 Å². The smallest absolute Gasteiger partial charge is 0.254 e. The first-order chi connectivity index (χ1) is 16.3. The van der Waals surface area contributed by atoms with Gasteiger partial charge in [-0.15, -0.1) is 12.4 Å². The van der Waals surface area contributed by atoms with Gasteiger partial charge in [-0.1, -0.05) is 30.3 Å². The largest absolute Gasteiger partial charge is 0.497 e. The van der Waals surface area contributed by atoms with Crippen molar-refractivity contribution in [3.8, 4) is 17.2 Å². The van der Waals surface area contributed by atoms with Crippen LogP contribution in [0.3, 0.4) is 0 Å². The Bertz CT molecular complexity index is 1160. The average molecular weight is 506 g/mol. The number of ether oxygens (including phenoxy) is 3. The van der Waals surface area contributed by atoms with Gasteiger partial charge in [0.1, 0.15) is 34.7 Å². The molecule has 0 unspecified atom stereocenters. The molecule has 186 valence electrons. The number of nitrogen functional groups attached to an aromatic ring is 1. The summed E-state index contributed by atoms with van der Waals surface area (Å²) in [5.74, 6) is -1.88. The average Bonchev–Trinajstić information content (AvgIpc) is 2.82. The predicted molar refractivity (Wildman–Crippen MR) is 130 cm³/mol. The highest BCUT2D eigenvalue weighted by Crippen LogP contribution is 2.30. The fourth-order valence-corrected chi connectivity index (χ4v) is 3.24. The molecule has 0 aromatic heterocycles. The van der Waals surface area contributed by atoms with E-state index in [2.05, 4.69) is 5.32 Å². The third kappa shape index (κ3) is 6.91. The van der Waals surface area contributed by atoms with Crippen LogP contribution in [0.2, 0.25) is 0 Å². The van der Waals surface area contributed by atoms with Crippen LogP contribution >= 0.6 is 12.4 Å². The summed E-state index contributed by atoms with van der Waals surface area (Å²) < 4.78 is 45.3. The zero-order chi connectivity index (χ0) is 24.7. The molecule has 7 nitrogen and oxygen atoms in total. The van der Waals surface area contributed by atoms with Crippen LogP contribution in [0.1, 0.15) is 29.7 Å². The van der Waals surface area contributed by atoms with E-state index < -0.39 is 29.2 Å². The Morgan fingerprint density at radius 3 is 2.29 bits per heavy atom. The van der Waals surface area contributed by atoms with Gasteiger partial charge in [-0.25, -0.2) is 8.78 Å². The topological polar surface area (TPSA) is 107 Å². The summed E-state index contributed by atoms with van der Waals surface area (Å²) in [6.45, 7) is 1.65. The van der Waals surface area contributed by atoms with Crippen LogP contribution < -0.4 is 20.5 Å². The number of nitrogens with two attached hydrogens (primary N) is 1. The van der Waals surface area contributed by atoms with Gasteiger partial charge in [0.15, 0.2) is 6.10 Å².